The van der Waals surface area contributed by atoms with E-state index in [-0.39, 0.29) is 18.0 Å². The molecule has 0 radical (unpaired) electrons. The first-order valence-electron chi connectivity index (χ1n) is 7.32. The van der Waals surface area contributed by atoms with Crippen molar-refractivity contribution in [1.82, 2.24) is 20.1 Å². The Hall–Kier alpha value is -1.99. The van der Waals surface area contributed by atoms with Gasteiger partial charge in [-0.3, -0.25) is 10.1 Å². The summed E-state index contributed by atoms with van der Waals surface area (Å²) in [4.78, 5) is 16.6. The number of piperidine rings is 1. The maximum absolute atomic E-state index is 13.2. The van der Waals surface area contributed by atoms with E-state index >= 15 is 0 Å². The first-order valence-corrected chi connectivity index (χ1v) is 7.32. The van der Waals surface area contributed by atoms with Gasteiger partial charge in [0.05, 0.1) is 0 Å². The van der Waals surface area contributed by atoms with Gasteiger partial charge in [-0.1, -0.05) is 6.07 Å². The van der Waals surface area contributed by atoms with Crippen LogP contribution in [0.15, 0.2) is 24.3 Å². The Morgan fingerprint density at radius 1 is 1.39 bits per heavy atom. The smallest absolute Gasteiger partial charge is 0.258 e. The molecule has 6 nitrogen and oxygen atoms in total. The van der Waals surface area contributed by atoms with Crippen molar-refractivity contribution in [3.05, 3.63) is 41.5 Å². The van der Waals surface area contributed by atoms with E-state index in [1.54, 1.807) is 17.8 Å². The van der Waals surface area contributed by atoms with Gasteiger partial charge in [-0.15, -0.1) is 12.4 Å². The molecule has 2 aromatic rings. The highest BCUT2D eigenvalue weighted by molar-refractivity contribution is 6.03. The number of carbonyl (C=O) groups excluding carboxylic acids is 1. The maximum Gasteiger partial charge on any atom is 0.258 e. The SMILES string of the molecule is Cl.Cn1nc(C2CCNCC2)nc1NC(=O)c1cccc(F)c1. The third-order valence-electron chi connectivity index (χ3n) is 3.80. The van der Waals surface area contributed by atoms with E-state index in [2.05, 4.69) is 20.7 Å². The summed E-state index contributed by atoms with van der Waals surface area (Å²) in [6, 6.07) is 5.55. The molecule has 0 bridgehead atoms. The molecule has 1 amide bonds. The highest BCUT2D eigenvalue weighted by Crippen LogP contribution is 2.23. The summed E-state index contributed by atoms with van der Waals surface area (Å²) in [5.41, 5.74) is 0.256. The number of aromatic nitrogens is 3. The van der Waals surface area contributed by atoms with Crippen LogP contribution in [0.5, 0.6) is 0 Å². The molecule has 1 aliphatic rings. The number of amides is 1. The van der Waals surface area contributed by atoms with Crippen LogP contribution >= 0.6 is 12.4 Å². The van der Waals surface area contributed by atoms with Crippen molar-refractivity contribution in [2.24, 2.45) is 7.05 Å². The Kier molecular flexibility index (Phi) is 5.68. The minimum atomic E-state index is -0.444. The zero-order valence-corrected chi connectivity index (χ0v) is 13.6. The Morgan fingerprint density at radius 2 is 2.13 bits per heavy atom. The molecule has 1 aromatic carbocycles. The topological polar surface area (TPSA) is 71.8 Å². The van der Waals surface area contributed by atoms with Crippen LogP contribution in [0.2, 0.25) is 0 Å². The van der Waals surface area contributed by atoms with Crippen LogP contribution in [0.1, 0.15) is 34.9 Å². The van der Waals surface area contributed by atoms with Crippen LogP contribution in [0.25, 0.3) is 0 Å². The van der Waals surface area contributed by atoms with Gasteiger partial charge in [0.15, 0.2) is 5.82 Å². The van der Waals surface area contributed by atoms with Crippen molar-refractivity contribution in [3.8, 4) is 0 Å². The van der Waals surface area contributed by atoms with Crippen LogP contribution in [-0.2, 0) is 7.05 Å². The number of rotatable bonds is 3. The summed E-state index contributed by atoms with van der Waals surface area (Å²) in [6.45, 7) is 1.90. The van der Waals surface area contributed by atoms with Crippen molar-refractivity contribution in [2.45, 2.75) is 18.8 Å². The molecule has 0 atom stereocenters. The van der Waals surface area contributed by atoms with E-state index in [1.807, 2.05) is 0 Å². The van der Waals surface area contributed by atoms with Gasteiger partial charge in [0.1, 0.15) is 5.82 Å². The molecule has 2 heterocycles. The van der Waals surface area contributed by atoms with Gasteiger partial charge in [0.2, 0.25) is 5.95 Å². The third-order valence-corrected chi connectivity index (χ3v) is 3.80. The fraction of sp³-hybridized carbons (Fsp3) is 0.400. The van der Waals surface area contributed by atoms with Gasteiger partial charge >= 0.3 is 0 Å². The van der Waals surface area contributed by atoms with Crippen LogP contribution in [0.3, 0.4) is 0 Å². The number of anilines is 1. The second-order valence-electron chi connectivity index (χ2n) is 5.41. The van der Waals surface area contributed by atoms with Crippen molar-refractivity contribution in [2.75, 3.05) is 18.4 Å². The van der Waals surface area contributed by atoms with Crippen LogP contribution < -0.4 is 10.6 Å². The predicted octanol–water partition coefficient (Wildman–Crippen LogP) is 2.10. The molecule has 1 fully saturated rings. The van der Waals surface area contributed by atoms with Gasteiger partial charge in [-0.2, -0.15) is 10.1 Å². The molecule has 0 aliphatic carbocycles. The summed E-state index contributed by atoms with van der Waals surface area (Å²) in [5.74, 6) is 0.599. The standard InChI is InChI=1S/C15H18FN5O.ClH/c1-21-15(18-13(20-21)10-5-7-17-8-6-10)19-14(22)11-3-2-4-12(16)9-11;/h2-4,9-10,17H,5-8H2,1H3,(H,18,19,20,22);1H. The number of aryl methyl sites for hydroxylation is 1. The molecule has 8 heteroatoms. The highest BCUT2D eigenvalue weighted by atomic mass is 35.5. The quantitative estimate of drug-likeness (QED) is 0.898. The van der Waals surface area contributed by atoms with E-state index in [1.165, 1.54) is 18.2 Å². The summed E-state index contributed by atoms with van der Waals surface area (Å²) in [7, 11) is 1.73. The fourth-order valence-corrected chi connectivity index (χ4v) is 2.57. The maximum atomic E-state index is 13.2. The lowest BCUT2D eigenvalue weighted by atomic mass is 9.98. The lowest BCUT2D eigenvalue weighted by molar-refractivity contribution is 0.102. The van der Waals surface area contributed by atoms with Gasteiger partial charge in [0, 0.05) is 18.5 Å². The molecule has 0 unspecified atom stereocenters. The average molecular weight is 340 g/mol. The lowest BCUT2D eigenvalue weighted by Crippen LogP contribution is -2.27. The van der Waals surface area contributed by atoms with Crippen molar-refractivity contribution in [1.29, 1.82) is 0 Å². The molecule has 23 heavy (non-hydrogen) atoms. The third kappa shape index (κ3) is 4.05. The zero-order valence-electron chi connectivity index (χ0n) is 12.8. The van der Waals surface area contributed by atoms with Crippen molar-refractivity contribution < 1.29 is 9.18 Å². The molecule has 124 valence electrons. The lowest BCUT2D eigenvalue weighted by Gasteiger charge is -2.19. The van der Waals surface area contributed by atoms with Gasteiger partial charge < -0.3 is 5.32 Å². The molecular weight excluding hydrogens is 321 g/mol. The van der Waals surface area contributed by atoms with Gasteiger partial charge in [-0.25, -0.2) is 9.07 Å². The first kappa shape index (κ1) is 17.4. The van der Waals surface area contributed by atoms with Crippen LogP contribution in [0.4, 0.5) is 10.3 Å². The average Bonchev–Trinajstić information content (AvgIpc) is 2.89. The van der Waals surface area contributed by atoms with E-state index in [0.29, 0.717) is 11.9 Å². The summed E-state index contributed by atoms with van der Waals surface area (Å²) < 4.78 is 14.7. The van der Waals surface area contributed by atoms with Crippen LogP contribution in [0, 0.1) is 5.82 Å². The molecule has 0 saturated carbocycles. The minimum absolute atomic E-state index is 0. The molecule has 1 saturated heterocycles. The number of nitrogens with one attached hydrogen (secondary N) is 2. The summed E-state index contributed by atoms with van der Waals surface area (Å²) >= 11 is 0. The zero-order chi connectivity index (χ0) is 15.5. The number of nitrogens with zero attached hydrogens (tertiary/aromatic N) is 3. The monoisotopic (exact) mass is 339 g/mol. The number of halogens is 2. The molecular formula is C15H19ClFN5O. The minimum Gasteiger partial charge on any atom is -0.317 e. The second kappa shape index (κ2) is 7.52. The van der Waals surface area contributed by atoms with E-state index in [9.17, 15) is 9.18 Å². The number of carbonyl (C=O) groups is 1. The molecule has 0 spiro atoms. The first-order chi connectivity index (χ1) is 10.6. The molecule has 1 aromatic heterocycles. The van der Waals surface area contributed by atoms with Gasteiger partial charge in [0.25, 0.3) is 5.91 Å². The molecule has 2 N–H and O–H groups in total. The Bertz CT molecular complexity index is 684. The number of benzene rings is 1. The number of hydrogen-bond donors (Lipinski definition) is 2. The Labute approximate surface area is 139 Å². The fourth-order valence-electron chi connectivity index (χ4n) is 2.57. The molecule has 1 aliphatic heterocycles. The predicted molar refractivity (Wildman–Crippen MR) is 87.4 cm³/mol. The van der Waals surface area contributed by atoms with Gasteiger partial charge in [-0.05, 0) is 44.1 Å². The highest BCUT2D eigenvalue weighted by Gasteiger charge is 2.21. The Morgan fingerprint density at radius 3 is 2.83 bits per heavy atom. The summed E-state index contributed by atoms with van der Waals surface area (Å²) in [6.07, 6.45) is 1.97. The second-order valence-corrected chi connectivity index (χ2v) is 5.41. The van der Waals surface area contributed by atoms with E-state index in [4.69, 9.17) is 0 Å². The van der Waals surface area contributed by atoms with Crippen molar-refractivity contribution in [3.63, 3.8) is 0 Å². The van der Waals surface area contributed by atoms with Crippen molar-refractivity contribution >= 4 is 24.3 Å². The molecule has 3 rings (SSSR count). The van der Waals surface area contributed by atoms with Crippen LogP contribution in [-0.4, -0.2) is 33.8 Å². The number of hydrogen-bond acceptors (Lipinski definition) is 4. The summed E-state index contributed by atoms with van der Waals surface area (Å²) in [5, 5.41) is 10.4. The Balaban J connectivity index is 0.00000192. The van der Waals surface area contributed by atoms with E-state index in [0.717, 1.165) is 31.8 Å². The normalized spacial score (nSPS) is 15.0. The van der Waals surface area contributed by atoms with E-state index < -0.39 is 11.7 Å². The largest absolute Gasteiger partial charge is 0.317 e.